The third-order valence-electron chi connectivity index (χ3n) is 2.86. The number of nitrogens with one attached hydrogen (secondary N) is 1. The van der Waals surface area contributed by atoms with E-state index in [4.69, 9.17) is 0 Å². The molecule has 2 aromatic rings. The van der Waals surface area contributed by atoms with E-state index in [1.165, 1.54) is 5.69 Å². The Bertz CT molecular complexity index is 483. The van der Waals surface area contributed by atoms with Gasteiger partial charge in [-0.25, -0.2) is 0 Å². The first kappa shape index (κ1) is 11.7. The molecule has 0 saturated heterocycles. The molecular formula is C12H19N5. The second kappa shape index (κ2) is 5.03. The summed E-state index contributed by atoms with van der Waals surface area (Å²) in [6.07, 6.45) is 5.78. The molecule has 17 heavy (non-hydrogen) atoms. The van der Waals surface area contributed by atoms with E-state index in [0.29, 0.717) is 0 Å². The van der Waals surface area contributed by atoms with Crippen LogP contribution in [-0.2, 0) is 26.9 Å². The van der Waals surface area contributed by atoms with Crippen LogP contribution in [0.25, 0.3) is 0 Å². The standard InChI is InChI=1S/C12H19N5/c1-4-11-12(9-16(2)15-11)13-7-5-10-6-8-14-17(10)3/h6,8-9,13H,4-5,7H2,1-3H3. The van der Waals surface area contributed by atoms with Crippen LogP contribution in [0.4, 0.5) is 5.69 Å². The second-order valence-corrected chi connectivity index (χ2v) is 4.14. The summed E-state index contributed by atoms with van der Waals surface area (Å²) >= 11 is 0. The van der Waals surface area contributed by atoms with Crippen molar-refractivity contribution in [2.24, 2.45) is 14.1 Å². The molecule has 0 fully saturated rings. The van der Waals surface area contributed by atoms with Crippen LogP contribution in [0.15, 0.2) is 18.5 Å². The summed E-state index contributed by atoms with van der Waals surface area (Å²) in [5.41, 5.74) is 3.49. The lowest BCUT2D eigenvalue weighted by atomic mass is 10.2. The van der Waals surface area contributed by atoms with Gasteiger partial charge in [0, 0.05) is 45.1 Å². The lowest BCUT2D eigenvalue weighted by Gasteiger charge is -2.05. The monoisotopic (exact) mass is 233 g/mol. The van der Waals surface area contributed by atoms with Crippen molar-refractivity contribution in [3.8, 4) is 0 Å². The van der Waals surface area contributed by atoms with Gasteiger partial charge in [-0.1, -0.05) is 6.92 Å². The van der Waals surface area contributed by atoms with Crippen molar-refractivity contribution in [3.05, 3.63) is 29.8 Å². The Morgan fingerprint density at radius 3 is 2.82 bits per heavy atom. The Morgan fingerprint density at radius 1 is 1.35 bits per heavy atom. The minimum absolute atomic E-state index is 0.901. The molecule has 0 aliphatic carbocycles. The lowest BCUT2D eigenvalue weighted by Crippen LogP contribution is -2.08. The van der Waals surface area contributed by atoms with E-state index in [9.17, 15) is 0 Å². The van der Waals surface area contributed by atoms with Crippen LogP contribution in [0, 0.1) is 0 Å². The number of aryl methyl sites for hydroxylation is 3. The highest BCUT2D eigenvalue weighted by molar-refractivity contribution is 5.46. The summed E-state index contributed by atoms with van der Waals surface area (Å²) in [6.45, 7) is 3.02. The number of rotatable bonds is 5. The Hall–Kier alpha value is -1.78. The molecule has 0 atom stereocenters. The highest BCUT2D eigenvalue weighted by Crippen LogP contribution is 2.13. The maximum Gasteiger partial charge on any atom is 0.0853 e. The Kier molecular flexibility index (Phi) is 3.46. The fourth-order valence-electron chi connectivity index (χ4n) is 1.92. The van der Waals surface area contributed by atoms with Crippen molar-refractivity contribution >= 4 is 5.69 Å². The van der Waals surface area contributed by atoms with Crippen molar-refractivity contribution in [3.63, 3.8) is 0 Å². The smallest absolute Gasteiger partial charge is 0.0853 e. The molecule has 0 aliphatic heterocycles. The van der Waals surface area contributed by atoms with E-state index >= 15 is 0 Å². The van der Waals surface area contributed by atoms with E-state index in [1.54, 1.807) is 0 Å². The van der Waals surface area contributed by atoms with Gasteiger partial charge in [0.15, 0.2) is 0 Å². The van der Waals surface area contributed by atoms with Gasteiger partial charge >= 0.3 is 0 Å². The van der Waals surface area contributed by atoms with Crippen LogP contribution >= 0.6 is 0 Å². The van der Waals surface area contributed by atoms with E-state index in [2.05, 4.69) is 22.4 Å². The van der Waals surface area contributed by atoms with Crippen LogP contribution in [0.3, 0.4) is 0 Å². The molecule has 1 N–H and O–H groups in total. The zero-order valence-corrected chi connectivity index (χ0v) is 10.6. The zero-order chi connectivity index (χ0) is 12.3. The molecule has 92 valence electrons. The van der Waals surface area contributed by atoms with E-state index in [-0.39, 0.29) is 0 Å². The summed E-state index contributed by atoms with van der Waals surface area (Å²) < 4.78 is 3.76. The van der Waals surface area contributed by atoms with Gasteiger partial charge in [0.1, 0.15) is 0 Å². The normalized spacial score (nSPS) is 10.8. The van der Waals surface area contributed by atoms with Crippen LogP contribution in [0.2, 0.25) is 0 Å². The number of nitrogens with zero attached hydrogens (tertiary/aromatic N) is 4. The molecule has 0 radical (unpaired) electrons. The first-order chi connectivity index (χ1) is 8.20. The maximum atomic E-state index is 4.40. The average Bonchev–Trinajstić information content (AvgIpc) is 2.86. The molecule has 0 spiro atoms. The molecule has 2 heterocycles. The summed E-state index contributed by atoms with van der Waals surface area (Å²) in [5.74, 6) is 0. The third kappa shape index (κ3) is 2.67. The molecule has 0 unspecified atom stereocenters. The summed E-state index contributed by atoms with van der Waals surface area (Å²) in [5, 5.41) is 12.0. The van der Waals surface area contributed by atoms with E-state index in [1.807, 2.05) is 41.9 Å². The molecule has 0 aromatic carbocycles. The Balaban J connectivity index is 1.92. The van der Waals surface area contributed by atoms with Gasteiger partial charge in [-0.3, -0.25) is 9.36 Å². The van der Waals surface area contributed by atoms with Crippen molar-refractivity contribution in [1.29, 1.82) is 0 Å². The highest BCUT2D eigenvalue weighted by Gasteiger charge is 2.05. The summed E-state index contributed by atoms with van der Waals surface area (Å²) in [6, 6.07) is 2.05. The molecule has 0 amide bonds. The van der Waals surface area contributed by atoms with Crippen LogP contribution in [-0.4, -0.2) is 26.1 Å². The minimum atomic E-state index is 0.901. The maximum absolute atomic E-state index is 4.40. The number of hydrogen-bond acceptors (Lipinski definition) is 3. The Labute approximate surface area is 101 Å². The predicted octanol–water partition coefficient (Wildman–Crippen LogP) is 1.37. The van der Waals surface area contributed by atoms with Gasteiger partial charge in [0.25, 0.3) is 0 Å². The van der Waals surface area contributed by atoms with Gasteiger partial charge in [-0.15, -0.1) is 0 Å². The molecule has 0 bridgehead atoms. The van der Waals surface area contributed by atoms with E-state index < -0.39 is 0 Å². The second-order valence-electron chi connectivity index (χ2n) is 4.14. The van der Waals surface area contributed by atoms with Gasteiger partial charge in [-0.2, -0.15) is 10.2 Å². The topological polar surface area (TPSA) is 47.7 Å². The SMILES string of the molecule is CCc1nn(C)cc1NCCc1ccnn1C. The first-order valence-corrected chi connectivity index (χ1v) is 5.94. The molecular weight excluding hydrogens is 214 g/mol. The number of anilines is 1. The average molecular weight is 233 g/mol. The van der Waals surface area contributed by atoms with Gasteiger partial charge in [0.05, 0.1) is 11.4 Å². The van der Waals surface area contributed by atoms with Crippen molar-refractivity contribution in [1.82, 2.24) is 19.6 Å². The number of hydrogen-bond donors (Lipinski definition) is 1. The molecule has 2 aromatic heterocycles. The molecule has 5 nitrogen and oxygen atoms in total. The first-order valence-electron chi connectivity index (χ1n) is 5.94. The minimum Gasteiger partial charge on any atom is -0.382 e. The lowest BCUT2D eigenvalue weighted by molar-refractivity contribution is 0.711. The molecule has 0 aliphatic rings. The van der Waals surface area contributed by atoms with Crippen LogP contribution in [0.5, 0.6) is 0 Å². The summed E-state index contributed by atoms with van der Waals surface area (Å²) in [7, 11) is 3.92. The Morgan fingerprint density at radius 2 is 2.18 bits per heavy atom. The van der Waals surface area contributed by atoms with Crippen molar-refractivity contribution in [2.45, 2.75) is 19.8 Å². The van der Waals surface area contributed by atoms with E-state index in [0.717, 1.165) is 30.8 Å². The van der Waals surface area contributed by atoms with Gasteiger partial charge in [-0.05, 0) is 12.5 Å². The van der Waals surface area contributed by atoms with Gasteiger partial charge in [0.2, 0.25) is 0 Å². The summed E-state index contributed by atoms with van der Waals surface area (Å²) in [4.78, 5) is 0. The van der Waals surface area contributed by atoms with Crippen LogP contribution in [0.1, 0.15) is 18.3 Å². The fourth-order valence-corrected chi connectivity index (χ4v) is 1.92. The quantitative estimate of drug-likeness (QED) is 0.848. The van der Waals surface area contributed by atoms with Gasteiger partial charge < -0.3 is 5.32 Å². The van der Waals surface area contributed by atoms with Crippen molar-refractivity contribution in [2.75, 3.05) is 11.9 Å². The molecule has 2 rings (SSSR count). The number of aromatic nitrogens is 4. The zero-order valence-electron chi connectivity index (χ0n) is 10.6. The van der Waals surface area contributed by atoms with Crippen LogP contribution < -0.4 is 5.32 Å². The molecule has 5 heteroatoms. The predicted molar refractivity (Wildman–Crippen MR) is 68.0 cm³/mol. The highest BCUT2D eigenvalue weighted by atomic mass is 15.3. The molecule has 0 saturated carbocycles. The van der Waals surface area contributed by atoms with Crippen molar-refractivity contribution < 1.29 is 0 Å². The fraction of sp³-hybridized carbons (Fsp3) is 0.500. The third-order valence-corrected chi connectivity index (χ3v) is 2.86. The largest absolute Gasteiger partial charge is 0.382 e.